The summed E-state index contributed by atoms with van der Waals surface area (Å²) >= 11 is 0. The number of methoxy groups -OCH3 is 1. The first kappa shape index (κ1) is 40.2. The van der Waals surface area contributed by atoms with Gasteiger partial charge in [-0.25, -0.2) is 4.79 Å². The van der Waals surface area contributed by atoms with E-state index in [-0.39, 0.29) is 23.5 Å². The number of hydrogen-bond acceptors (Lipinski definition) is 5. The van der Waals surface area contributed by atoms with Gasteiger partial charge in [-0.2, -0.15) is 0 Å². The van der Waals surface area contributed by atoms with Gasteiger partial charge in [-0.3, -0.25) is 4.79 Å². The zero-order valence-electron chi connectivity index (χ0n) is 30.6. The lowest BCUT2D eigenvalue weighted by Crippen LogP contribution is -2.67. The molecule has 3 rings (SSSR count). The van der Waals surface area contributed by atoms with Gasteiger partial charge in [0.05, 0.1) is 18.8 Å². The fraction of sp³-hybridized carbons (Fsp3) is 0.364. The second-order valence-electron chi connectivity index (χ2n) is 13.5. The lowest BCUT2D eigenvalue weighted by molar-refractivity contribution is -0.140. The summed E-state index contributed by atoms with van der Waals surface area (Å²) < 4.78 is 18.0. The molecule has 0 radical (unpaired) electrons. The smallest absolute Gasteiger partial charge is 0.338 e. The molecule has 0 unspecified atom stereocenters. The molecule has 2 atom stereocenters. The SMILES string of the molecule is CCCCC/C=C\C[C@H](/C=C/C=C/C=C\[C@H](CCCC(=O)OC)OC(=O)c1ccccc1)O[Si](c1ccccc1)(c1ccccc1)C(C)(C)C. The Morgan fingerprint density at radius 3 is 1.82 bits per heavy atom. The summed E-state index contributed by atoms with van der Waals surface area (Å²) in [6.45, 7) is 9.14. The van der Waals surface area contributed by atoms with Crippen LogP contribution in [0.3, 0.4) is 0 Å². The maximum atomic E-state index is 12.8. The second kappa shape index (κ2) is 21.7. The van der Waals surface area contributed by atoms with Crippen LogP contribution in [0.5, 0.6) is 0 Å². The predicted octanol–water partition coefficient (Wildman–Crippen LogP) is 9.70. The average molecular weight is 693 g/mol. The second-order valence-corrected chi connectivity index (χ2v) is 17.7. The lowest BCUT2D eigenvalue weighted by atomic mass is 10.1. The van der Waals surface area contributed by atoms with E-state index in [1.54, 1.807) is 24.3 Å². The molecular weight excluding hydrogens is 637 g/mol. The van der Waals surface area contributed by atoms with E-state index in [1.807, 2.05) is 36.4 Å². The molecule has 3 aromatic carbocycles. The Labute approximate surface area is 301 Å². The van der Waals surface area contributed by atoms with Crippen molar-refractivity contribution in [3.8, 4) is 0 Å². The zero-order valence-corrected chi connectivity index (χ0v) is 31.6. The van der Waals surface area contributed by atoms with Crippen LogP contribution in [0.2, 0.25) is 5.04 Å². The number of allylic oxidation sites excluding steroid dienone is 5. The molecular formula is C44H56O5Si. The maximum absolute atomic E-state index is 12.8. The molecule has 0 bridgehead atoms. The molecule has 0 N–H and O–H groups in total. The van der Waals surface area contributed by atoms with E-state index >= 15 is 0 Å². The summed E-state index contributed by atoms with van der Waals surface area (Å²) in [6.07, 6.45) is 22.6. The van der Waals surface area contributed by atoms with E-state index in [9.17, 15) is 9.59 Å². The van der Waals surface area contributed by atoms with E-state index in [4.69, 9.17) is 13.9 Å². The van der Waals surface area contributed by atoms with Crippen molar-refractivity contribution in [2.24, 2.45) is 0 Å². The molecule has 266 valence electrons. The standard InChI is InChI=1S/C44H56O5Si/c1-6-7-8-9-10-19-29-39(49-50(44(2,3)4,40-32-21-14-22-33-40)41-34-23-15-24-35-41)30-20-12-11-18-28-38(31-25-36-42(45)47-5)48-43(46)37-26-16-13-17-27-37/h10-24,26-28,30,32-35,38-39H,6-9,25,29,31,36H2,1-5H3/b12-11+,19-10-,28-18-,30-20+/t38-,39-/m1/s1. The molecule has 0 aromatic heterocycles. The summed E-state index contributed by atoms with van der Waals surface area (Å²) in [4.78, 5) is 24.4. The van der Waals surface area contributed by atoms with Gasteiger partial charge in [0.1, 0.15) is 6.10 Å². The van der Waals surface area contributed by atoms with Crippen molar-refractivity contribution < 1.29 is 23.5 Å². The maximum Gasteiger partial charge on any atom is 0.338 e. The van der Waals surface area contributed by atoms with Gasteiger partial charge in [0.25, 0.3) is 8.32 Å². The number of hydrogen-bond donors (Lipinski definition) is 0. The number of rotatable bonds is 20. The van der Waals surface area contributed by atoms with Gasteiger partial charge in [-0.05, 0) is 65.7 Å². The highest BCUT2D eigenvalue weighted by atomic mass is 28.4. The van der Waals surface area contributed by atoms with E-state index in [0.717, 1.165) is 12.8 Å². The highest BCUT2D eigenvalue weighted by Crippen LogP contribution is 2.38. The van der Waals surface area contributed by atoms with Crippen molar-refractivity contribution in [2.75, 3.05) is 7.11 Å². The zero-order chi connectivity index (χ0) is 36.1. The van der Waals surface area contributed by atoms with Gasteiger partial charge < -0.3 is 13.9 Å². The van der Waals surface area contributed by atoms with Crippen LogP contribution in [0.15, 0.2) is 140 Å². The Hall–Kier alpha value is -4.26. The number of ether oxygens (including phenoxy) is 2. The van der Waals surface area contributed by atoms with Crippen molar-refractivity contribution in [1.82, 2.24) is 0 Å². The Kier molecular flexibility index (Phi) is 17.5. The van der Waals surface area contributed by atoms with Gasteiger partial charge in [0, 0.05) is 6.42 Å². The Morgan fingerprint density at radius 1 is 0.720 bits per heavy atom. The third kappa shape index (κ3) is 12.9. The highest BCUT2D eigenvalue weighted by molar-refractivity contribution is 6.99. The number of esters is 2. The third-order valence-electron chi connectivity index (χ3n) is 8.60. The highest BCUT2D eigenvalue weighted by Gasteiger charge is 2.51. The Balaban J connectivity index is 1.85. The molecule has 6 heteroatoms. The van der Waals surface area contributed by atoms with Crippen LogP contribution in [0, 0.1) is 0 Å². The van der Waals surface area contributed by atoms with Gasteiger partial charge >= 0.3 is 11.9 Å². The van der Waals surface area contributed by atoms with Crippen LogP contribution >= 0.6 is 0 Å². The predicted molar refractivity (Wildman–Crippen MR) is 209 cm³/mol. The molecule has 0 aliphatic carbocycles. The minimum absolute atomic E-state index is 0.134. The van der Waals surface area contributed by atoms with Crippen LogP contribution in [0.1, 0.15) is 89.4 Å². The van der Waals surface area contributed by atoms with Crippen molar-refractivity contribution in [3.63, 3.8) is 0 Å². The van der Waals surface area contributed by atoms with Gasteiger partial charge in [0.2, 0.25) is 0 Å². The van der Waals surface area contributed by atoms with Crippen LogP contribution < -0.4 is 10.4 Å². The summed E-state index contributed by atoms with van der Waals surface area (Å²) in [5, 5.41) is 2.38. The van der Waals surface area contributed by atoms with E-state index in [2.05, 4.69) is 107 Å². The van der Waals surface area contributed by atoms with Crippen molar-refractivity contribution in [3.05, 3.63) is 145 Å². The van der Waals surface area contributed by atoms with Crippen molar-refractivity contribution in [1.29, 1.82) is 0 Å². The first-order valence-electron chi connectivity index (χ1n) is 18.0. The lowest BCUT2D eigenvalue weighted by Gasteiger charge is -2.44. The van der Waals surface area contributed by atoms with Gasteiger partial charge in [-0.1, -0.05) is 162 Å². The fourth-order valence-electron chi connectivity index (χ4n) is 5.97. The van der Waals surface area contributed by atoms with Crippen molar-refractivity contribution in [2.45, 2.75) is 96.3 Å². The van der Waals surface area contributed by atoms with Crippen molar-refractivity contribution >= 4 is 30.6 Å². The molecule has 50 heavy (non-hydrogen) atoms. The molecule has 3 aromatic rings. The molecule has 0 spiro atoms. The molecule has 0 amide bonds. The number of carbonyl (C=O) groups excluding carboxylic acids is 2. The summed E-state index contributed by atoms with van der Waals surface area (Å²) in [5.74, 6) is -0.675. The summed E-state index contributed by atoms with van der Waals surface area (Å²) in [7, 11) is -1.38. The quantitative estimate of drug-likeness (QED) is 0.0388. The van der Waals surface area contributed by atoms with Crippen LogP contribution in [0.4, 0.5) is 0 Å². The molecule has 0 heterocycles. The van der Waals surface area contributed by atoms with Gasteiger partial charge in [-0.15, -0.1) is 0 Å². The normalized spacial score (nSPS) is 13.7. The van der Waals surface area contributed by atoms with Crippen LogP contribution in [0.25, 0.3) is 0 Å². The average Bonchev–Trinajstić information content (AvgIpc) is 3.13. The molecule has 5 nitrogen and oxygen atoms in total. The molecule has 0 saturated carbocycles. The van der Waals surface area contributed by atoms with E-state index in [1.165, 1.54) is 36.7 Å². The molecule has 0 aliphatic heterocycles. The molecule has 0 aliphatic rings. The first-order chi connectivity index (χ1) is 24.2. The molecule has 0 fully saturated rings. The number of unbranched alkanes of at least 4 members (excludes halogenated alkanes) is 3. The third-order valence-corrected chi connectivity index (χ3v) is 13.7. The fourth-order valence-corrected chi connectivity index (χ4v) is 10.6. The Bertz CT molecular complexity index is 1480. The van der Waals surface area contributed by atoms with Crippen LogP contribution in [-0.4, -0.2) is 39.6 Å². The van der Waals surface area contributed by atoms with Gasteiger partial charge in [0.15, 0.2) is 0 Å². The van der Waals surface area contributed by atoms with Crippen LogP contribution in [-0.2, 0) is 18.7 Å². The van der Waals surface area contributed by atoms with E-state index < -0.39 is 20.4 Å². The Morgan fingerprint density at radius 2 is 1.28 bits per heavy atom. The molecule has 0 saturated heterocycles. The minimum Gasteiger partial charge on any atom is -0.469 e. The monoisotopic (exact) mass is 692 g/mol. The first-order valence-corrected chi connectivity index (χ1v) is 19.9. The summed E-state index contributed by atoms with van der Waals surface area (Å²) in [5.41, 5.74) is 0.490. The minimum atomic E-state index is -2.76. The number of carbonyl (C=O) groups is 2. The number of benzene rings is 3. The topological polar surface area (TPSA) is 61.8 Å². The largest absolute Gasteiger partial charge is 0.469 e. The van der Waals surface area contributed by atoms with E-state index in [0.29, 0.717) is 18.4 Å². The summed E-state index contributed by atoms with van der Waals surface area (Å²) in [6, 6.07) is 30.4.